The minimum atomic E-state index is -3.45. The second-order valence-electron chi connectivity index (χ2n) is 9.20. The Kier molecular flexibility index (Phi) is 7.40. The molecular weight excluding hydrogens is 306 g/mol. The Morgan fingerprint density at radius 2 is 1.13 bits per heavy atom. The van der Waals surface area contributed by atoms with Gasteiger partial charge in [-0.05, 0) is 56.8 Å². The van der Waals surface area contributed by atoms with E-state index < -0.39 is 20.3 Å². The van der Waals surface area contributed by atoms with Crippen LogP contribution in [0, 0.1) is 10.8 Å². The van der Waals surface area contributed by atoms with Crippen LogP contribution in [-0.4, -0.2) is 18.7 Å². The van der Waals surface area contributed by atoms with Gasteiger partial charge in [0.05, 0.1) is 4.75 Å². The van der Waals surface area contributed by atoms with Crippen LogP contribution < -0.4 is 4.72 Å². The lowest BCUT2D eigenvalue weighted by atomic mass is 9.69. The number of sulfonamides is 1. The molecule has 0 aliphatic heterocycles. The highest BCUT2D eigenvalue weighted by molar-refractivity contribution is 7.91. The van der Waals surface area contributed by atoms with E-state index >= 15 is 0 Å². The highest BCUT2D eigenvalue weighted by Gasteiger charge is 2.54. The molecule has 0 saturated carbocycles. The topological polar surface area (TPSA) is 46.2 Å². The molecule has 1 N–H and O–H groups in total. The predicted molar refractivity (Wildman–Crippen MR) is 102 cm³/mol. The average Bonchev–Trinajstić information content (AvgIpc) is 2.35. The van der Waals surface area contributed by atoms with Crippen molar-refractivity contribution in [3.63, 3.8) is 0 Å². The van der Waals surface area contributed by atoms with Crippen LogP contribution >= 0.6 is 0 Å². The smallest absolute Gasteiger partial charge is 0.212 e. The second-order valence-corrected chi connectivity index (χ2v) is 11.2. The standard InChI is InChI=1S/C19H41NO2S/c1-11-18(10,12-2)19(13-3,14-4)23(21,22)20-17(8,9)15-16(5,6)7/h20H,11-15H2,1-10H3. The summed E-state index contributed by atoms with van der Waals surface area (Å²) in [6.45, 7) is 20.8. The van der Waals surface area contributed by atoms with Crippen LogP contribution in [0.15, 0.2) is 0 Å². The van der Waals surface area contributed by atoms with Crippen LogP contribution in [0.3, 0.4) is 0 Å². The molecule has 140 valence electrons. The predicted octanol–water partition coefficient (Wildman–Crippen LogP) is 5.51. The van der Waals surface area contributed by atoms with E-state index in [-0.39, 0.29) is 10.8 Å². The summed E-state index contributed by atoms with van der Waals surface area (Å²) in [5, 5.41) is 0. The lowest BCUT2D eigenvalue weighted by Gasteiger charge is -2.48. The lowest BCUT2D eigenvalue weighted by Crippen LogP contribution is -2.60. The molecular formula is C19H41NO2S. The fraction of sp³-hybridized carbons (Fsp3) is 1.00. The average molecular weight is 348 g/mol. The van der Waals surface area contributed by atoms with Crippen LogP contribution in [0.1, 0.15) is 101 Å². The van der Waals surface area contributed by atoms with E-state index in [1.165, 1.54) is 0 Å². The maximum absolute atomic E-state index is 13.5. The van der Waals surface area contributed by atoms with Gasteiger partial charge in [-0.25, -0.2) is 13.1 Å². The summed E-state index contributed by atoms with van der Waals surface area (Å²) in [7, 11) is -3.45. The summed E-state index contributed by atoms with van der Waals surface area (Å²) >= 11 is 0. The molecule has 0 amide bonds. The summed E-state index contributed by atoms with van der Waals surface area (Å²) < 4.78 is 29.3. The zero-order valence-electron chi connectivity index (χ0n) is 17.3. The Morgan fingerprint density at radius 3 is 1.39 bits per heavy atom. The van der Waals surface area contributed by atoms with Gasteiger partial charge in [0.25, 0.3) is 0 Å². The third-order valence-electron chi connectivity index (χ3n) is 5.70. The van der Waals surface area contributed by atoms with Crippen LogP contribution in [0.25, 0.3) is 0 Å². The van der Waals surface area contributed by atoms with E-state index in [2.05, 4.69) is 46.3 Å². The minimum Gasteiger partial charge on any atom is -0.212 e. The number of nitrogens with one attached hydrogen (secondary N) is 1. The fourth-order valence-electron chi connectivity index (χ4n) is 4.53. The summed E-state index contributed by atoms with van der Waals surface area (Å²) in [6.07, 6.45) is 3.82. The lowest BCUT2D eigenvalue weighted by molar-refractivity contribution is 0.174. The van der Waals surface area contributed by atoms with Gasteiger partial charge < -0.3 is 0 Å². The van der Waals surface area contributed by atoms with Crippen molar-refractivity contribution in [3.05, 3.63) is 0 Å². The van der Waals surface area contributed by atoms with Crippen molar-refractivity contribution in [1.82, 2.24) is 4.72 Å². The van der Waals surface area contributed by atoms with Crippen molar-refractivity contribution in [2.45, 2.75) is 112 Å². The van der Waals surface area contributed by atoms with Crippen molar-refractivity contribution in [2.24, 2.45) is 10.8 Å². The molecule has 0 heterocycles. The first kappa shape index (κ1) is 22.9. The summed E-state index contributed by atoms with van der Waals surface area (Å²) in [6, 6.07) is 0. The first-order valence-electron chi connectivity index (χ1n) is 9.19. The number of hydrogen-bond acceptors (Lipinski definition) is 2. The third kappa shape index (κ3) is 4.94. The normalized spacial score (nSPS) is 15.0. The molecule has 4 heteroatoms. The van der Waals surface area contributed by atoms with E-state index in [9.17, 15) is 8.42 Å². The highest BCUT2D eigenvalue weighted by atomic mass is 32.2. The molecule has 0 spiro atoms. The second kappa shape index (κ2) is 7.43. The quantitative estimate of drug-likeness (QED) is 0.598. The Labute approximate surface area is 146 Å². The molecule has 0 aromatic carbocycles. The molecule has 0 aliphatic rings. The van der Waals surface area contributed by atoms with Crippen LogP contribution in [0.2, 0.25) is 0 Å². The van der Waals surface area contributed by atoms with E-state index in [1.54, 1.807) is 0 Å². The Hall–Kier alpha value is -0.0900. The molecule has 0 aromatic heterocycles. The maximum atomic E-state index is 13.5. The number of hydrogen-bond donors (Lipinski definition) is 1. The highest BCUT2D eigenvalue weighted by Crippen LogP contribution is 2.48. The summed E-state index contributed by atoms with van der Waals surface area (Å²) in [5.41, 5.74) is -0.596. The van der Waals surface area contributed by atoms with Gasteiger partial charge in [-0.3, -0.25) is 0 Å². The van der Waals surface area contributed by atoms with E-state index in [0.717, 1.165) is 19.3 Å². The summed E-state index contributed by atoms with van der Waals surface area (Å²) in [4.78, 5) is 0. The van der Waals surface area contributed by atoms with Crippen molar-refractivity contribution >= 4 is 10.0 Å². The Bertz CT molecular complexity index is 464. The van der Waals surface area contributed by atoms with Crippen LogP contribution in [0.4, 0.5) is 0 Å². The zero-order chi connectivity index (χ0) is 18.7. The fourth-order valence-corrected chi connectivity index (χ4v) is 7.22. The Morgan fingerprint density at radius 1 is 0.739 bits per heavy atom. The molecule has 3 nitrogen and oxygen atoms in total. The molecule has 0 aromatic rings. The first-order chi connectivity index (χ1) is 10.2. The van der Waals surface area contributed by atoms with E-state index in [0.29, 0.717) is 12.8 Å². The third-order valence-corrected chi connectivity index (χ3v) is 8.62. The number of rotatable bonds is 9. The van der Waals surface area contributed by atoms with E-state index in [4.69, 9.17) is 0 Å². The monoisotopic (exact) mass is 347 g/mol. The van der Waals surface area contributed by atoms with Gasteiger partial charge in [-0.2, -0.15) is 0 Å². The van der Waals surface area contributed by atoms with Crippen LogP contribution in [-0.2, 0) is 10.0 Å². The molecule has 0 saturated heterocycles. The molecule has 0 atom stereocenters. The molecule has 0 rings (SSSR count). The summed E-state index contributed by atoms with van der Waals surface area (Å²) in [5.74, 6) is 0. The Balaban J connectivity index is 5.92. The zero-order valence-corrected chi connectivity index (χ0v) is 18.1. The maximum Gasteiger partial charge on any atom is 0.218 e. The van der Waals surface area contributed by atoms with Crippen molar-refractivity contribution < 1.29 is 8.42 Å². The van der Waals surface area contributed by atoms with E-state index in [1.807, 2.05) is 27.7 Å². The molecule has 0 radical (unpaired) electrons. The van der Waals surface area contributed by atoms with Gasteiger partial charge in [0.2, 0.25) is 10.0 Å². The van der Waals surface area contributed by atoms with Gasteiger partial charge in [0, 0.05) is 5.54 Å². The van der Waals surface area contributed by atoms with Crippen LogP contribution in [0.5, 0.6) is 0 Å². The molecule has 0 aliphatic carbocycles. The minimum absolute atomic E-state index is 0.0753. The molecule has 23 heavy (non-hydrogen) atoms. The van der Waals surface area contributed by atoms with Crippen molar-refractivity contribution in [3.8, 4) is 0 Å². The van der Waals surface area contributed by atoms with Crippen molar-refractivity contribution in [2.75, 3.05) is 0 Å². The largest absolute Gasteiger partial charge is 0.218 e. The molecule has 0 fully saturated rings. The van der Waals surface area contributed by atoms with Gasteiger partial charge >= 0.3 is 0 Å². The first-order valence-corrected chi connectivity index (χ1v) is 10.7. The van der Waals surface area contributed by atoms with Gasteiger partial charge in [-0.15, -0.1) is 0 Å². The van der Waals surface area contributed by atoms with Gasteiger partial charge in [-0.1, -0.05) is 55.4 Å². The molecule has 0 bridgehead atoms. The van der Waals surface area contributed by atoms with Gasteiger partial charge in [0.1, 0.15) is 0 Å². The van der Waals surface area contributed by atoms with Gasteiger partial charge in [0.15, 0.2) is 0 Å². The SMILES string of the molecule is CCC(C)(CC)C(CC)(CC)S(=O)(=O)NC(C)(C)CC(C)(C)C. The molecule has 0 unspecified atom stereocenters. The van der Waals surface area contributed by atoms with Crippen molar-refractivity contribution in [1.29, 1.82) is 0 Å².